The van der Waals surface area contributed by atoms with Gasteiger partial charge in [-0.15, -0.1) is 0 Å². The number of halogens is 2. The van der Waals surface area contributed by atoms with Crippen molar-refractivity contribution in [2.24, 2.45) is 0 Å². The highest BCUT2D eigenvalue weighted by Gasteiger charge is 1.98. The van der Waals surface area contributed by atoms with E-state index in [2.05, 4.69) is 20.9 Å². The SMILES string of the molecule is Clc1cccc(COc2cccc(Br)n2)c1. The molecule has 4 heteroatoms. The number of benzene rings is 1. The van der Waals surface area contributed by atoms with Gasteiger partial charge in [0.2, 0.25) is 5.88 Å². The minimum absolute atomic E-state index is 0.462. The number of ether oxygens (including phenoxy) is 1. The predicted molar refractivity (Wildman–Crippen MR) is 67.7 cm³/mol. The molecule has 0 aliphatic rings. The molecule has 2 rings (SSSR count). The van der Waals surface area contributed by atoms with Crippen molar-refractivity contribution in [1.29, 1.82) is 0 Å². The van der Waals surface area contributed by atoms with Crippen molar-refractivity contribution in [2.75, 3.05) is 0 Å². The fourth-order valence-electron chi connectivity index (χ4n) is 1.25. The van der Waals surface area contributed by atoms with E-state index < -0.39 is 0 Å². The number of nitrogens with zero attached hydrogens (tertiary/aromatic N) is 1. The smallest absolute Gasteiger partial charge is 0.214 e. The summed E-state index contributed by atoms with van der Waals surface area (Å²) in [7, 11) is 0. The van der Waals surface area contributed by atoms with Crippen molar-refractivity contribution in [3.63, 3.8) is 0 Å². The quantitative estimate of drug-likeness (QED) is 0.797. The molecule has 0 amide bonds. The highest BCUT2D eigenvalue weighted by Crippen LogP contribution is 2.15. The molecule has 1 aromatic heterocycles. The monoisotopic (exact) mass is 297 g/mol. The summed E-state index contributed by atoms with van der Waals surface area (Å²) >= 11 is 9.16. The van der Waals surface area contributed by atoms with Gasteiger partial charge in [0.1, 0.15) is 11.2 Å². The Morgan fingerprint density at radius 3 is 2.75 bits per heavy atom. The van der Waals surface area contributed by atoms with Crippen molar-refractivity contribution in [3.05, 3.63) is 57.7 Å². The first kappa shape index (κ1) is 11.4. The molecule has 16 heavy (non-hydrogen) atoms. The van der Waals surface area contributed by atoms with Gasteiger partial charge < -0.3 is 4.74 Å². The normalized spacial score (nSPS) is 10.1. The molecule has 0 fully saturated rings. The molecule has 0 spiro atoms. The molecule has 0 radical (unpaired) electrons. The number of rotatable bonds is 3. The van der Waals surface area contributed by atoms with Crippen LogP contribution >= 0.6 is 27.5 Å². The lowest BCUT2D eigenvalue weighted by molar-refractivity contribution is 0.293. The second kappa shape index (κ2) is 5.32. The minimum atomic E-state index is 0.462. The van der Waals surface area contributed by atoms with Gasteiger partial charge in [-0.25, -0.2) is 4.98 Å². The molecule has 1 heterocycles. The van der Waals surface area contributed by atoms with Gasteiger partial charge in [-0.2, -0.15) is 0 Å². The van der Waals surface area contributed by atoms with Crippen molar-refractivity contribution in [2.45, 2.75) is 6.61 Å². The summed E-state index contributed by atoms with van der Waals surface area (Å²) in [5.41, 5.74) is 1.02. The maximum atomic E-state index is 5.87. The largest absolute Gasteiger partial charge is 0.473 e. The molecular formula is C12H9BrClNO. The molecule has 0 unspecified atom stereocenters. The average molecular weight is 299 g/mol. The lowest BCUT2D eigenvalue weighted by atomic mass is 10.2. The van der Waals surface area contributed by atoms with Gasteiger partial charge in [-0.3, -0.25) is 0 Å². The highest BCUT2D eigenvalue weighted by atomic mass is 79.9. The van der Waals surface area contributed by atoms with Crippen LogP contribution < -0.4 is 4.74 Å². The molecule has 0 atom stereocenters. The van der Waals surface area contributed by atoms with Gasteiger partial charge in [-0.05, 0) is 39.7 Å². The van der Waals surface area contributed by atoms with Crippen molar-refractivity contribution < 1.29 is 4.74 Å². The summed E-state index contributed by atoms with van der Waals surface area (Å²) in [6.07, 6.45) is 0. The van der Waals surface area contributed by atoms with E-state index in [1.807, 2.05) is 42.5 Å². The Balaban J connectivity index is 2.02. The van der Waals surface area contributed by atoms with Crippen molar-refractivity contribution in [1.82, 2.24) is 4.98 Å². The van der Waals surface area contributed by atoms with Crippen LogP contribution in [0, 0.1) is 0 Å². The zero-order chi connectivity index (χ0) is 11.4. The molecule has 0 N–H and O–H groups in total. The van der Waals surface area contributed by atoms with Gasteiger partial charge in [0.25, 0.3) is 0 Å². The number of hydrogen-bond acceptors (Lipinski definition) is 2. The fraction of sp³-hybridized carbons (Fsp3) is 0.0833. The van der Waals surface area contributed by atoms with Gasteiger partial charge in [0, 0.05) is 11.1 Å². The molecule has 2 nitrogen and oxygen atoms in total. The van der Waals surface area contributed by atoms with E-state index in [4.69, 9.17) is 16.3 Å². The van der Waals surface area contributed by atoms with Crippen molar-refractivity contribution in [3.8, 4) is 5.88 Å². The Hall–Kier alpha value is -1.06. The third kappa shape index (κ3) is 3.22. The van der Waals surface area contributed by atoms with Crippen LogP contribution in [-0.2, 0) is 6.61 Å². The molecule has 0 saturated carbocycles. The fourth-order valence-corrected chi connectivity index (χ4v) is 1.79. The third-order valence-electron chi connectivity index (χ3n) is 1.97. The van der Waals surface area contributed by atoms with E-state index in [0.717, 1.165) is 10.2 Å². The molecule has 0 aliphatic carbocycles. The summed E-state index contributed by atoms with van der Waals surface area (Å²) < 4.78 is 6.29. The molecule has 2 aromatic rings. The number of aromatic nitrogens is 1. The summed E-state index contributed by atoms with van der Waals surface area (Å²) in [4.78, 5) is 4.17. The Morgan fingerprint density at radius 1 is 1.19 bits per heavy atom. The zero-order valence-electron chi connectivity index (χ0n) is 8.36. The molecule has 1 aromatic carbocycles. The molecule has 0 aliphatic heterocycles. The Kier molecular flexibility index (Phi) is 3.80. The van der Waals surface area contributed by atoms with Gasteiger partial charge in [0.05, 0.1) is 0 Å². The Bertz CT molecular complexity index is 444. The van der Waals surface area contributed by atoms with E-state index in [0.29, 0.717) is 17.5 Å². The Morgan fingerprint density at radius 2 is 2.00 bits per heavy atom. The van der Waals surface area contributed by atoms with Crippen LogP contribution in [0.2, 0.25) is 5.02 Å². The third-order valence-corrected chi connectivity index (χ3v) is 2.64. The molecule has 0 saturated heterocycles. The second-order valence-electron chi connectivity index (χ2n) is 3.22. The van der Waals surface area contributed by atoms with Gasteiger partial charge in [-0.1, -0.05) is 29.8 Å². The van der Waals surface area contributed by atoms with E-state index in [9.17, 15) is 0 Å². The summed E-state index contributed by atoms with van der Waals surface area (Å²) in [6, 6.07) is 13.1. The molecule has 0 bridgehead atoms. The maximum Gasteiger partial charge on any atom is 0.214 e. The van der Waals surface area contributed by atoms with Crippen LogP contribution in [0.3, 0.4) is 0 Å². The minimum Gasteiger partial charge on any atom is -0.473 e. The van der Waals surface area contributed by atoms with Crippen LogP contribution in [0.15, 0.2) is 47.1 Å². The lowest BCUT2D eigenvalue weighted by Crippen LogP contribution is -1.96. The molecular weight excluding hydrogens is 289 g/mol. The number of hydrogen-bond donors (Lipinski definition) is 0. The first-order valence-corrected chi connectivity index (χ1v) is 5.91. The highest BCUT2D eigenvalue weighted by molar-refractivity contribution is 9.10. The lowest BCUT2D eigenvalue weighted by Gasteiger charge is -2.05. The van der Waals surface area contributed by atoms with E-state index >= 15 is 0 Å². The summed E-state index contributed by atoms with van der Waals surface area (Å²) in [5, 5.41) is 0.711. The first-order valence-electron chi connectivity index (χ1n) is 4.74. The van der Waals surface area contributed by atoms with Crippen LogP contribution in [0.4, 0.5) is 0 Å². The second-order valence-corrected chi connectivity index (χ2v) is 4.47. The summed E-state index contributed by atoms with van der Waals surface area (Å²) in [6.45, 7) is 0.462. The van der Waals surface area contributed by atoms with E-state index in [1.54, 1.807) is 0 Å². The van der Waals surface area contributed by atoms with Crippen molar-refractivity contribution >= 4 is 27.5 Å². The van der Waals surface area contributed by atoms with Crippen LogP contribution in [-0.4, -0.2) is 4.98 Å². The Labute approximate surface area is 107 Å². The average Bonchev–Trinajstić information content (AvgIpc) is 2.27. The van der Waals surface area contributed by atoms with E-state index in [1.165, 1.54) is 0 Å². The zero-order valence-corrected chi connectivity index (χ0v) is 10.7. The number of pyridine rings is 1. The summed E-state index contributed by atoms with van der Waals surface area (Å²) in [5.74, 6) is 0.592. The van der Waals surface area contributed by atoms with Gasteiger partial charge >= 0.3 is 0 Å². The van der Waals surface area contributed by atoms with Crippen LogP contribution in [0.1, 0.15) is 5.56 Å². The predicted octanol–water partition coefficient (Wildman–Crippen LogP) is 4.08. The van der Waals surface area contributed by atoms with Gasteiger partial charge in [0.15, 0.2) is 0 Å². The van der Waals surface area contributed by atoms with Crippen LogP contribution in [0.25, 0.3) is 0 Å². The standard InChI is InChI=1S/C12H9BrClNO/c13-11-5-2-6-12(15-11)16-8-9-3-1-4-10(14)7-9/h1-7H,8H2. The maximum absolute atomic E-state index is 5.87. The van der Waals surface area contributed by atoms with E-state index in [-0.39, 0.29) is 0 Å². The first-order chi connectivity index (χ1) is 7.74. The molecule has 82 valence electrons. The topological polar surface area (TPSA) is 22.1 Å². The van der Waals surface area contributed by atoms with Crippen LogP contribution in [0.5, 0.6) is 5.88 Å².